The summed E-state index contributed by atoms with van der Waals surface area (Å²) in [6, 6.07) is 12.8. The summed E-state index contributed by atoms with van der Waals surface area (Å²) >= 11 is 0. The number of nitrogens with two attached hydrogens (primary N) is 1. The maximum atomic E-state index is 5.95. The predicted molar refractivity (Wildman–Crippen MR) is 105 cm³/mol. The molecule has 1 saturated carbocycles. The van der Waals surface area contributed by atoms with Crippen LogP contribution in [0.25, 0.3) is 6.08 Å². The number of benzene rings is 1. The summed E-state index contributed by atoms with van der Waals surface area (Å²) in [5, 5.41) is 0. The zero-order valence-corrected chi connectivity index (χ0v) is 15.3. The largest absolute Gasteiger partial charge is 0.356 e. The van der Waals surface area contributed by atoms with Crippen LogP contribution in [0.4, 0.5) is 11.8 Å². The lowest BCUT2D eigenvalue weighted by Crippen LogP contribution is -2.35. The topological polar surface area (TPSA) is 58.3 Å². The van der Waals surface area contributed by atoms with Gasteiger partial charge in [-0.1, -0.05) is 42.5 Å². The molecular weight excluding hydrogens is 310 g/mol. The molecule has 0 aliphatic heterocycles. The molecule has 0 atom stereocenters. The smallest absolute Gasteiger partial charge is 0.227 e. The number of likely N-dealkylation sites (N-methyl/N-ethyl adjacent to an activating group) is 1. The molecule has 1 fully saturated rings. The number of hydrogen-bond donors (Lipinski definition) is 1. The van der Waals surface area contributed by atoms with E-state index in [1.807, 2.05) is 37.2 Å². The van der Waals surface area contributed by atoms with E-state index in [2.05, 4.69) is 42.3 Å². The van der Waals surface area contributed by atoms with Crippen molar-refractivity contribution >= 4 is 17.8 Å². The van der Waals surface area contributed by atoms with Crippen molar-refractivity contribution in [1.29, 1.82) is 0 Å². The molecule has 0 radical (unpaired) electrons. The second-order valence-electron chi connectivity index (χ2n) is 6.97. The van der Waals surface area contributed by atoms with Crippen LogP contribution in [0.5, 0.6) is 0 Å². The summed E-state index contributed by atoms with van der Waals surface area (Å²) in [4.78, 5) is 13.5. The highest BCUT2D eigenvalue weighted by Crippen LogP contribution is 2.36. The van der Waals surface area contributed by atoms with Gasteiger partial charge in [0.25, 0.3) is 0 Å². The van der Waals surface area contributed by atoms with Crippen molar-refractivity contribution in [2.24, 2.45) is 5.73 Å². The average molecular weight is 337 g/mol. The monoisotopic (exact) mass is 337 g/mol. The molecule has 5 heteroatoms. The Bertz CT molecular complexity index is 720. The molecule has 132 valence electrons. The van der Waals surface area contributed by atoms with Crippen molar-refractivity contribution in [3.8, 4) is 0 Å². The van der Waals surface area contributed by atoms with E-state index < -0.39 is 0 Å². The molecule has 1 heterocycles. The molecule has 0 unspecified atom stereocenters. The van der Waals surface area contributed by atoms with Crippen LogP contribution in [-0.2, 0) is 0 Å². The molecule has 0 amide bonds. The van der Waals surface area contributed by atoms with Crippen molar-refractivity contribution in [3.63, 3.8) is 0 Å². The van der Waals surface area contributed by atoms with Gasteiger partial charge in [-0.15, -0.1) is 0 Å². The van der Waals surface area contributed by atoms with E-state index in [1.54, 1.807) is 0 Å². The second-order valence-corrected chi connectivity index (χ2v) is 6.97. The number of nitrogens with zero attached hydrogens (tertiary/aromatic N) is 4. The molecule has 0 spiro atoms. The van der Waals surface area contributed by atoms with E-state index in [9.17, 15) is 0 Å². The molecular formula is C20H27N5. The van der Waals surface area contributed by atoms with Crippen molar-refractivity contribution in [2.75, 3.05) is 37.5 Å². The highest BCUT2D eigenvalue weighted by molar-refractivity contribution is 5.51. The van der Waals surface area contributed by atoms with Gasteiger partial charge in [-0.25, -0.2) is 4.98 Å². The quantitative estimate of drug-likeness (QED) is 0.878. The van der Waals surface area contributed by atoms with Gasteiger partial charge in [-0.3, -0.25) is 0 Å². The Balaban J connectivity index is 1.74. The van der Waals surface area contributed by atoms with Crippen molar-refractivity contribution in [3.05, 3.63) is 53.7 Å². The van der Waals surface area contributed by atoms with Crippen molar-refractivity contribution in [2.45, 2.75) is 24.8 Å². The Morgan fingerprint density at radius 2 is 1.84 bits per heavy atom. The zero-order chi connectivity index (χ0) is 17.8. The summed E-state index contributed by atoms with van der Waals surface area (Å²) in [5.74, 6) is 2.17. The Morgan fingerprint density at radius 3 is 2.48 bits per heavy atom. The summed E-state index contributed by atoms with van der Waals surface area (Å²) in [5.41, 5.74) is 8.26. The van der Waals surface area contributed by atoms with Gasteiger partial charge in [0.2, 0.25) is 5.95 Å². The lowest BCUT2D eigenvalue weighted by atomic mass is 9.78. The van der Waals surface area contributed by atoms with Crippen molar-refractivity contribution in [1.82, 2.24) is 9.97 Å². The molecule has 0 saturated heterocycles. The Hall–Kier alpha value is -2.40. The van der Waals surface area contributed by atoms with Crippen LogP contribution in [0.1, 0.15) is 30.0 Å². The Kier molecular flexibility index (Phi) is 5.34. The standard InChI is InChI=1S/C20H27N5/c1-24(2)20-22-18(16-12-17(21)13-16)14-19(23-20)25(3)11-7-10-15-8-5-4-6-9-15/h4-10,14,16-17H,11-13,21H2,1-3H3. The van der Waals surface area contributed by atoms with Crippen LogP contribution in [-0.4, -0.2) is 43.7 Å². The lowest BCUT2D eigenvalue weighted by Gasteiger charge is -2.33. The van der Waals surface area contributed by atoms with Gasteiger partial charge < -0.3 is 15.5 Å². The maximum Gasteiger partial charge on any atom is 0.227 e. The molecule has 2 N–H and O–H groups in total. The van der Waals surface area contributed by atoms with E-state index >= 15 is 0 Å². The molecule has 25 heavy (non-hydrogen) atoms. The van der Waals surface area contributed by atoms with Gasteiger partial charge in [0.05, 0.1) is 5.69 Å². The molecule has 1 aromatic carbocycles. The van der Waals surface area contributed by atoms with Gasteiger partial charge in [-0.05, 0) is 18.4 Å². The first-order valence-corrected chi connectivity index (χ1v) is 8.77. The van der Waals surface area contributed by atoms with Gasteiger partial charge in [0.15, 0.2) is 0 Å². The molecule has 5 nitrogen and oxygen atoms in total. The van der Waals surface area contributed by atoms with Crippen LogP contribution in [0, 0.1) is 0 Å². The van der Waals surface area contributed by atoms with Gasteiger partial charge in [0, 0.05) is 45.7 Å². The van der Waals surface area contributed by atoms with Crippen molar-refractivity contribution < 1.29 is 0 Å². The van der Waals surface area contributed by atoms with Crippen LogP contribution in [0.15, 0.2) is 42.5 Å². The van der Waals surface area contributed by atoms with E-state index in [1.165, 1.54) is 5.56 Å². The third-order valence-corrected chi connectivity index (χ3v) is 4.59. The minimum Gasteiger partial charge on any atom is -0.356 e. The molecule has 1 aliphatic rings. The Morgan fingerprint density at radius 1 is 1.12 bits per heavy atom. The SMILES string of the molecule is CN(C)c1nc(C2CC(N)C2)cc(N(C)CC=Cc2ccccc2)n1. The number of aromatic nitrogens is 2. The fraction of sp³-hybridized carbons (Fsp3) is 0.400. The van der Waals surface area contributed by atoms with Crippen LogP contribution < -0.4 is 15.5 Å². The first-order chi connectivity index (χ1) is 12.0. The van der Waals surface area contributed by atoms with Crippen LogP contribution in [0.2, 0.25) is 0 Å². The average Bonchev–Trinajstić information content (AvgIpc) is 2.59. The van der Waals surface area contributed by atoms with Crippen LogP contribution in [0.3, 0.4) is 0 Å². The Labute approximate surface area is 150 Å². The third kappa shape index (κ3) is 4.37. The van der Waals surface area contributed by atoms with Gasteiger partial charge >= 0.3 is 0 Å². The fourth-order valence-corrected chi connectivity index (χ4v) is 2.95. The van der Waals surface area contributed by atoms with E-state index in [4.69, 9.17) is 15.7 Å². The summed E-state index contributed by atoms with van der Waals surface area (Å²) in [6.45, 7) is 0.794. The highest BCUT2D eigenvalue weighted by atomic mass is 15.3. The highest BCUT2D eigenvalue weighted by Gasteiger charge is 2.29. The lowest BCUT2D eigenvalue weighted by molar-refractivity contribution is 0.345. The zero-order valence-electron chi connectivity index (χ0n) is 15.3. The van der Waals surface area contributed by atoms with Gasteiger partial charge in [0.1, 0.15) is 5.82 Å². The summed E-state index contributed by atoms with van der Waals surface area (Å²) < 4.78 is 0. The molecule has 0 bridgehead atoms. The minimum atomic E-state index is 0.317. The third-order valence-electron chi connectivity index (χ3n) is 4.59. The van der Waals surface area contributed by atoms with Crippen LogP contribution >= 0.6 is 0 Å². The van der Waals surface area contributed by atoms with E-state index in [0.717, 1.165) is 36.8 Å². The molecule has 2 aromatic rings. The van der Waals surface area contributed by atoms with E-state index in [-0.39, 0.29) is 0 Å². The molecule has 1 aliphatic carbocycles. The minimum absolute atomic E-state index is 0.317. The first-order valence-electron chi connectivity index (χ1n) is 8.77. The number of hydrogen-bond acceptors (Lipinski definition) is 5. The summed E-state index contributed by atoms with van der Waals surface area (Å²) in [6.07, 6.45) is 6.32. The molecule has 1 aromatic heterocycles. The normalized spacial score (nSPS) is 19.7. The predicted octanol–water partition coefficient (Wildman–Crippen LogP) is 2.90. The number of anilines is 2. The second kappa shape index (κ2) is 7.66. The van der Waals surface area contributed by atoms with E-state index in [0.29, 0.717) is 12.0 Å². The van der Waals surface area contributed by atoms with Gasteiger partial charge in [-0.2, -0.15) is 4.98 Å². The fourth-order valence-electron chi connectivity index (χ4n) is 2.95. The maximum absolute atomic E-state index is 5.95. The summed E-state index contributed by atoms with van der Waals surface area (Å²) in [7, 11) is 6.02. The number of rotatable bonds is 6. The first kappa shape index (κ1) is 17.4. The molecule has 3 rings (SSSR count).